The number of carbonyl (C=O) groups is 1. The first-order valence-corrected chi connectivity index (χ1v) is 6.85. The van der Waals surface area contributed by atoms with Crippen molar-refractivity contribution < 1.29 is 19.6 Å². The molecule has 1 unspecified atom stereocenters. The average Bonchev–Trinajstić information content (AvgIpc) is 2.46. The minimum Gasteiger partial charge on any atom is -0.468 e. The Balaban J connectivity index is 2.69. The standard InChI is InChI=1S/C14H22BNO4/c1-3-4-9-13(14(17)20-2)16-10-11-7-5-6-8-12(11)15(18)19/h5-8,13,16,18-19H,3-4,9-10H2,1-2H3. The maximum absolute atomic E-state index is 11.7. The highest BCUT2D eigenvalue weighted by Gasteiger charge is 2.20. The summed E-state index contributed by atoms with van der Waals surface area (Å²) in [5.41, 5.74) is 1.20. The van der Waals surface area contributed by atoms with Crippen LogP contribution in [0.2, 0.25) is 0 Å². The second kappa shape index (κ2) is 8.74. The van der Waals surface area contributed by atoms with Crippen molar-refractivity contribution in [2.75, 3.05) is 7.11 Å². The summed E-state index contributed by atoms with van der Waals surface area (Å²) in [5.74, 6) is -0.291. The Morgan fingerprint density at radius 3 is 2.70 bits per heavy atom. The number of methoxy groups -OCH3 is 1. The Kier molecular flexibility index (Phi) is 7.29. The molecule has 0 aliphatic carbocycles. The highest BCUT2D eigenvalue weighted by molar-refractivity contribution is 6.59. The van der Waals surface area contributed by atoms with Crippen molar-refractivity contribution in [2.45, 2.75) is 38.8 Å². The van der Waals surface area contributed by atoms with E-state index in [-0.39, 0.29) is 12.0 Å². The predicted octanol–water partition coefficient (Wildman–Crippen LogP) is 0.188. The third-order valence-corrected chi connectivity index (χ3v) is 3.20. The molecule has 0 aliphatic rings. The summed E-state index contributed by atoms with van der Waals surface area (Å²) >= 11 is 0. The maximum atomic E-state index is 11.7. The van der Waals surface area contributed by atoms with Crippen LogP contribution in [0.3, 0.4) is 0 Å². The fraction of sp³-hybridized carbons (Fsp3) is 0.500. The van der Waals surface area contributed by atoms with Gasteiger partial charge in [-0.25, -0.2) is 0 Å². The van der Waals surface area contributed by atoms with Gasteiger partial charge < -0.3 is 20.1 Å². The summed E-state index contributed by atoms with van der Waals surface area (Å²) in [6, 6.07) is 6.65. The molecule has 0 aromatic heterocycles. The second-order valence-corrected chi connectivity index (χ2v) is 4.67. The third-order valence-electron chi connectivity index (χ3n) is 3.20. The molecule has 110 valence electrons. The maximum Gasteiger partial charge on any atom is 0.488 e. The fourth-order valence-corrected chi connectivity index (χ4v) is 2.03. The predicted molar refractivity (Wildman–Crippen MR) is 78.4 cm³/mol. The van der Waals surface area contributed by atoms with Gasteiger partial charge in [0.25, 0.3) is 0 Å². The number of carbonyl (C=O) groups excluding carboxylic acids is 1. The molecular formula is C14H22BNO4. The zero-order valence-corrected chi connectivity index (χ0v) is 12.0. The molecule has 1 atom stereocenters. The van der Waals surface area contributed by atoms with Gasteiger partial charge in [0.15, 0.2) is 0 Å². The van der Waals surface area contributed by atoms with Crippen LogP contribution in [-0.2, 0) is 16.1 Å². The van der Waals surface area contributed by atoms with E-state index in [2.05, 4.69) is 12.2 Å². The zero-order chi connectivity index (χ0) is 15.0. The SMILES string of the molecule is CCCCC(NCc1ccccc1B(O)O)C(=O)OC. The largest absolute Gasteiger partial charge is 0.488 e. The van der Waals surface area contributed by atoms with E-state index < -0.39 is 7.12 Å². The molecule has 20 heavy (non-hydrogen) atoms. The van der Waals surface area contributed by atoms with Crippen LogP contribution < -0.4 is 10.8 Å². The van der Waals surface area contributed by atoms with E-state index >= 15 is 0 Å². The van der Waals surface area contributed by atoms with Gasteiger partial charge in [0.1, 0.15) is 6.04 Å². The molecule has 1 aromatic rings. The molecule has 0 bridgehead atoms. The van der Waals surface area contributed by atoms with Gasteiger partial charge >= 0.3 is 13.1 Å². The Morgan fingerprint density at radius 1 is 1.40 bits per heavy atom. The van der Waals surface area contributed by atoms with E-state index in [1.807, 2.05) is 6.07 Å². The van der Waals surface area contributed by atoms with Crippen molar-refractivity contribution in [3.63, 3.8) is 0 Å². The van der Waals surface area contributed by atoms with Crippen LogP contribution in [0.1, 0.15) is 31.7 Å². The minimum atomic E-state index is -1.51. The molecule has 1 aromatic carbocycles. The number of hydrogen-bond acceptors (Lipinski definition) is 5. The number of ether oxygens (including phenoxy) is 1. The quantitative estimate of drug-likeness (QED) is 0.467. The van der Waals surface area contributed by atoms with E-state index in [9.17, 15) is 14.8 Å². The Labute approximate surface area is 120 Å². The molecule has 3 N–H and O–H groups in total. The van der Waals surface area contributed by atoms with E-state index in [1.165, 1.54) is 7.11 Å². The van der Waals surface area contributed by atoms with Crippen LogP contribution in [0.5, 0.6) is 0 Å². The van der Waals surface area contributed by atoms with Crippen molar-refractivity contribution in [3.8, 4) is 0 Å². The Morgan fingerprint density at radius 2 is 2.10 bits per heavy atom. The molecule has 0 spiro atoms. The smallest absolute Gasteiger partial charge is 0.468 e. The summed E-state index contributed by atoms with van der Waals surface area (Å²) in [5, 5.41) is 21.7. The fourth-order valence-electron chi connectivity index (χ4n) is 2.03. The van der Waals surface area contributed by atoms with Crippen molar-refractivity contribution in [2.24, 2.45) is 0 Å². The minimum absolute atomic E-state index is 0.291. The molecule has 1 rings (SSSR count). The van der Waals surface area contributed by atoms with E-state index in [0.29, 0.717) is 18.4 Å². The Hall–Kier alpha value is -1.37. The first-order valence-electron chi connectivity index (χ1n) is 6.85. The van der Waals surface area contributed by atoms with Crippen LogP contribution in [-0.4, -0.2) is 36.3 Å². The van der Waals surface area contributed by atoms with Crippen LogP contribution >= 0.6 is 0 Å². The molecule has 0 saturated carbocycles. The zero-order valence-electron chi connectivity index (χ0n) is 12.0. The number of unbranched alkanes of at least 4 members (excludes halogenated alkanes) is 1. The van der Waals surface area contributed by atoms with Gasteiger partial charge in [0.05, 0.1) is 7.11 Å². The van der Waals surface area contributed by atoms with Gasteiger partial charge in [-0.15, -0.1) is 0 Å². The molecule has 0 amide bonds. The molecule has 0 aliphatic heterocycles. The number of rotatable bonds is 8. The molecule has 0 fully saturated rings. The molecule has 0 saturated heterocycles. The lowest BCUT2D eigenvalue weighted by atomic mass is 9.77. The number of benzene rings is 1. The van der Waals surface area contributed by atoms with Crippen LogP contribution in [0, 0.1) is 0 Å². The first kappa shape index (κ1) is 16.7. The summed E-state index contributed by atoms with van der Waals surface area (Å²) in [6.45, 7) is 2.45. The summed E-state index contributed by atoms with van der Waals surface area (Å²) in [6.07, 6.45) is 2.63. The second-order valence-electron chi connectivity index (χ2n) is 4.67. The van der Waals surface area contributed by atoms with Crippen molar-refractivity contribution >= 4 is 18.6 Å². The molecule has 0 radical (unpaired) electrons. The monoisotopic (exact) mass is 279 g/mol. The molecule has 0 heterocycles. The molecule has 6 heteroatoms. The average molecular weight is 279 g/mol. The lowest BCUT2D eigenvalue weighted by molar-refractivity contribution is -0.143. The number of nitrogens with one attached hydrogen (secondary N) is 1. The van der Waals surface area contributed by atoms with Crippen LogP contribution in [0.25, 0.3) is 0 Å². The van der Waals surface area contributed by atoms with Crippen molar-refractivity contribution in [1.82, 2.24) is 5.32 Å². The Bertz CT molecular complexity index is 425. The number of esters is 1. The van der Waals surface area contributed by atoms with Crippen molar-refractivity contribution in [1.29, 1.82) is 0 Å². The van der Waals surface area contributed by atoms with Gasteiger partial charge in [0, 0.05) is 6.54 Å². The van der Waals surface area contributed by atoms with Gasteiger partial charge in [-0.2, -0.15) is 0 Å². The highest BCUT2D eigenvalue weighted by atomic mass is 16.5. The van der Waals surface area contributed by atoms with Gasteiger partial charge in [-0.05, 0) is 17.4 Å². The van der Waals surface area contributed by atoms with E-state index in [1.54, 1.807) is 18.2 Å². The summed E-state index contributed by atoms with van der Waals surface area (Å²) < 4.78 is 4.78. The lowest BCUT2D eigenvalue weighted by Gasteiger charge is -2.17. The lowest BCUT2D eigenvalue weighted by Crippen LogP contribution is -2.40. The van der Waals surface area contributed by atoms with Gasteiger partial charge in [-0.3, -0.25) is 4.79 Å². The van der Waals surface area contributed by atoms with Crippen LogP contribution in [0.15, 0.2) is 24.3 Å². The summed E-state index contributed by atoms with van der Waals surface area (Å²) in [7, 11) is -0.144. The normalized spacial score (nSPS) is 12.0. The molecule has 5 nitrogen and oxygen atoms in total. The van der Waals surface area contributed by atoms with Crippen molar-refractivity contribution in [3.05, 3.63) is 29.8 Å². The van der Waals surface area contributed by atoms with E-state index in [0.717, 1.165) is 18.4 Å². The number of hydrogen-bond donors (Lipinski definition) is 3. The van der Waals surface area contributed by atoms with E-state index in [4.69, 9.17) is 4.74 Å². The topological polar surface area (TPSA) is 78.8 Å². The van der Waals surface area contributed by atoms with Crippen LogP contribution in [0.4, 0.5) is 0 Å². The molecular weight excluding hydrogens is 257 g/mol. The third kappa shape index (κ3) is 4.96. The highest BCUT2D eigenvalue weighted by Crippen LogP contribution is 2.05. The van der Waals surface area contributed by atoms with Gasteiger partial charge in [0.2, 0.25) is 0 Å². The van der Waals surface area contributed by atoms with Gasteiger partial charge in [-0.1, -0.05) is 44.0 Å². The summed E-state index contributed by atoms with van der Waals surface area (Å²) in [4.78, 5) is 11.7. The first-order chi connectivity index (χ1) is 9.60.